The first-order valence-corrected chi connectivity index (χ1v) is 9.02. The molecule has 8 heteroatoms. The van der Waals surface area contributed by atoms with E-state index in [1.807, 2.05) is 0 Å². The fourth-order valence-electron chi connectivity index (χ4n) is 2.16. The Morgan fingerprint density at radius 2 is 1.46 bits per heavy atom. The minimum absolute atomic E-state index is 0.0118. The van der Waals surface area contributed by atoms with E-state index in [0.29, 0.717) is 11.3 Å². The molecule has 0 saturated heterocycles. The molecule has 1 amide bonds. The SMILES string of the molecule is O=C(Nc1ccncc1)c1ccc(S(=O)(=O)Nc2ccc(F)cc2)cc1. The number of rotatable bonds is 5. The average Bonchev–Trinajstić information content (AvgIpc) is 2.64. The Morgan fingerprint density at radius 1 is 0.846 bits per heavy atom. The summed E-state index contributed by atoms with van der Waals surface area (Å²) >= 11 is 0. The van der Waals surface area contributed by atoms with Crippen molar-refractivity contribution in [3.63, 3.8) is 0 Å². The van der Waals surface area contributed by atoms with Crippen molar-refractivity contribution in [1.82, 2.24) is 4.98 Å². The van der Waals surface area contributed by atoms with E-state index in [-0.39, 0.29) is 16.5 Å². The van der Waals surface area contributed by atoms with Gasteiger partial charge in [0.25, 0.3) is 15.9 Å². The Labute approximate surface area is 149 Å². The molecule has 3 aromatic rings. The van der Waals surface area contributed by atoms with E-state index in [4.69, 9.17) is 0 Å². The summed E-state index contributed by atoms with van der Waals surface area (Å²) in [6.45, 7) is 0. The van der Waals surface area contributed by atoms with Crippen LogP contribution in [-0.2, 0) is 10.0 Å². The molecule has 2 aromatic carbocycles. The number of amides is 1. The van der Waals surface area contributed by atoms with Crippen molar-refractivity contribution in [3.8, 4) is 0 Å². The molecule has 2 N–H and O–H groups in total. The summed E-state index contributed by atoms with van der Waals surface area (Å²) < 4.78 is 39.9. The maximum atomic E-state index is 12.9. The maximum absolute atomic E-state index is 12.9. The van der Waals surface area contributed by atoms with E-state index < -0.39 is 15.8 Å². The fraction of sp³-hybridized carbons (Fsp3) is 0. The van der Waals surface area contributed by atoms with Gasteiger partial charge in [-0.3, -0.25) is 14.5 Å². The molecule has 3 rings (SSSR count). The van der Waals surface area contributed by atoms with Crippen LogP contribution in [0.25, 0.3) is 0 Å². The molecule has 0 aliphatic rings. The highest BCUT2D eigenvalue weighted by atomic mass is 32.2. The van der Waals surface area contributed by atoms with Crippen molar-refractivity contribution in [2.75, 3.05) is 10.0 Å². The number of halogens is 1. The molecule has 0 radical (unpaired) electrons. The largest absolute Gasteiger partial charge is 0.322 e. The number of carbonyl (C=O) groups excluding carboxylic acids is 1. The van der Waals surface area contributed by atoms with E-state index in [0.717, 1.165) is 12.1 Å². The van der Waals surface area contributed by atoms with Gasteiger partial charge in [-0.15, -0.1) is 0 Å². The molecule has 0 aliphatic heterocycles. The molecule has 1 heterocycles. The molecule has 26 heavy (non-hydrogen) atoms. The molecular weight excluding hydrogens is 357 g/mol. The molecule has 0 atom stereocenters. The summed E-state index contributed by atoms with van der Waals surface area (Å²) in [6, 6.07) is 13.7. The van der Waals surface area contributed by atoms with Gasteiger partial charge in [0.05, 0.1) is 4.90 Å². The summed E-state index contributed by atoms with van der Waals surface area (Å²) in [7, 11) is -3.84. The minimum atomic E-state index is -3.84. The van der Waals surface area contributed by atoms with Gasteiger partial charge in [-0.2, -0.15) is 0 Å². The zero-order valence-corrected chi connectivity index (χ0v) is 14.2. The highest BCUT2D eigenvalue weighted by molar-refractivity contribution is 7.92. The van der Waals surface area contributed by atoms with E-state index >= 15 is 0 Å². The Balaban J connectivity index is 1.73. The molecule has 0 fully saturated rings. The van der Waals surface area contributed by atoms with Crippen LogP contribution in [0.5, 0.6) is 0 Å². The van der Waals surface area contributed by atoms with Crippen LogP contribution in [-0.4, -0.2) is 19.3 Å². The van der Waals surface area contributed by atoms with Crippen molar-refractivity contribution in [3.05, 3.63) is 84.4 Å². The van der Waals surface area contributed by atoms with Gasteiger partial charge in [0, 0.05) is 29.3 Å². The smallest absolute Gasteiger partial charge is 0.261 e. The van der Waals surface area contributed by atoms with E-state index in [2.05, 4.69) is 15.0 Å². The third kappa shape index (κ3) is 4.22. The first-order chi connectivity index (χ1) is 12.4. The van der Waals surface area contributed by atoms with Crippen LogP contribution in [0.15, 0.2) is 78.0 Å². The van der Waals surface area contributed by atoms with Gasteiger partial charge < -0.3 is 5.32 Å². The Morgan fingerprint density at radius 3 is 2.08 bits per heavy atom. The highest BCUT2D eigenvalue weighted by Gasteiger charge is 2.15. The van der Waals surface area contributed by atoms with Crippen molar-refractivity contribution in [1.29, 1.82) is 0 Å². The zero-order chi connectivity index (χ0) is 18.6. The minimum Gasteiger partial charge on any atom is -0.322 e. The molecule has 132 valence electrons. The monoisotopic (exact) mass is 371 g/mol. The summed E-state index contributed by atoms with van der Waals surface area (Å²) in [6.07, 6.45) is 3.10. The van der Waals surface area contributed by atoms with Gasteiger partial charge in [-0.25, -0.2) is 12.8 Å². The number of sulfonamides is 1. The van der Waals surface area contributed by atoms with Crippen molar-refractivity contribution >= 4 is 27.3 Å². The van der Waals surface area contributed by atoms with Crippen LogP contribution >= 0.6 is 0 Å². The van der Waals surface area contributed by atoms with Crippen molar-refractivity contribution in [2.24, 2.45) is 0 Å². The predicted octanol–water partition coefficient (Wildman–Crippen LogP) is 3.27. The van der Waals surface area contributed by atoms with Gasteiger partial charge in [0.1, 0.15) is 5.82 Å². The van der Waals surface area contributed by atoms with Gasteiger partial charge >= 0.3 is 0 Å². The van der Waals surface area contributed by atoms with Gasteiger partial charge in [-0.05, 0) is 60.7 Å². The lowest BCUT2D eigenvalue weighted by Gasteiger charge is -2.09. The summed E-state index contributed by atoms with van der Waals surface area (Å²) in [5.41, 5.74) is 1.13. The number of pyridine rings is 1. The van der Waals surface area contributed by atoms with Gasteiger partial charge in [0.15, 0.2) is 0 Å². The van der Waals surface area contributed by atoms with Gasteiger partial charge in [0.2, 0.25) is 0 Å². The summed E-state index contributed by atoms with van der Waals surface area (Å²) in [5, 5.41) is 2.68. The van der Waals surface area contributed by atoms with E-state index in [9.17, 15) is 17.6 Å². The maximum Gasteiger partial charge on any atom is 0.261 e. The van der Waals surface area contributed by atoms with Crippen LogP contribution < -0.4 is 10.0 Å². The quantitative estimate of drug-likeness (QED) is 0.720. The number of nitrogens with zero attached hydrogens (tertiary/aromatic N) is 1. The summed E-state index contributed by atoms with van der Waals surface area (Å²) in [4.78, 5) is 16.0. The van der Waals surface area contributed by atoms with Crippen LogP contribution in [0.3, 0.4) is 0 Å². The molecule has 0 bridgehead atoms. The van der Waals surface area contributed by atoms with Crippen molar-refractivity contribution in [2.45, 2.75) is 4.90 Å². The lowest BCUT2D eigenvalue weighted by atomic mass is 10.2. The van der Waals surface area contributed by atoms with E-state index in [1.54, 1.807) is 24.5 Å². The average molecular weight is 371 g/mol. The number of nitrogens with one attached hydrogen (secondary N) is 2. The number of anilines is 2. The topological polar surface area (TPSA) is 88.2 Å². The van der Waals surface area contributed by atoms with Crippen LogP contribution in [0, 0.1) is 5.82 Å². The second kappa shape index (κ2) is 7.32. The number of hydrogen-bond acceptors (Lipinski definition) is 4. The van der Waals surface area contributed by atoms with Crippen molar-refractivity contribution < 1.29 is 17.6 Å². The molecule has 6 nitrogen and oxygen atoms in total. The molecule has 0 spiro atoms. The third-order valence-corrected chi connectivity index (χ3v) is 4.86. The number of hydrogen-bond donors (Lipinski definition) is 2. The number of carbonyl (C=O) groups is 1. The lowest BCUT2D eigenvalue weighted by Crippen LogP contribution is -2.14. The first kappa shape index (κ1) is 17.6. The second-order valence-corrected chi connectivity index (χ2v) is 7.01. The molecule has 0 unspecified atom stereocenters. The number of aromatic nitrogens is 1. The second-order valence-electron chi connectivity index (χ2n) is 5.33. The Hall–Kier alpha value is -3.26. The molecule has 1 aromatic heterocycles. The first-order valence-electron chi connectivity index (χ1n) is 7.54. The molecular formula is C18H14FN3O3S. The van der Waals surface area contributed by atoms with Crippen LogP contribution in [0.4, 0.5) is 15.8 Å². The fourth-order valence-corrected chi connectivity index (χ4v) is 3.21. The summed E-state index contributed by atoms with van der Waals surface area (Å²) in [5.74, 6) is -0.829. The van der Waals surface area contributed by atoms with Gasteiger partial charge in [-0.1, -0.05) is 0 Å². The molecule has 0 aliphatic carbocycles. The van der Waals surface area contributed by atoms with E-state index in [1.165, 1.54) is 36.4 Å². The standard InChI is InChI=1S/C18H14FN3O3S/c19-14-3-5-16(6-4-14)22-26(24,25)17-7-1-13(2-8-17)18(23)21-15-9-11-20-12-10-15/h1-12,22H,(H,20,21,23). The Kier molecular flexibility index (Phi) is 4.94. The Bertz CT molecular complexity index is 1010. The number of benzene rings is 2. The molecule has 0 saturated carbocycles. The van der Waals surface area contributed by atoms with Crippen LogP contribution in [0.2, 0.25) is 0 Å². The highest BCUT2D eigenvalue weighted by Crippen LogP contribution is 2.17. The third-order valence-electron chi connectivity index (χ3n) is 3.46. The normalized spacial score (nSPS) is 11.0. The predicted molar refractivity (Wildman–Crippen MR) is 95.8 cm³/mol. The van der Waals surface area contributed by atoms with Crippen LogP contribution in [0.1, 0.15) is 10.4 Å². The zero-order valence-electron chi connectivity index (χ0n) is 13.4. The lowest BCUT2D eigenvalue weighted by molar-refractivity contribution is 0.102.